The number of aliphatic hydroxyl groups excluding tert-OH is 1. The minimum absolute atomic E-state index is 0.000436. The van der Waals surface area contributed by atoms with Gasteiger partial charge in [0.2, 0.25) is 0 Å². The van der Waals surface area contributed by atoms with Crippen molar-refractivity contribution in [3.63, 3.8) is 0 Å². The van der Waals surface area contributed by atoms with Crippen molar-refractivity contribution in [2.24, 2.45) is 0 Å². The monoisotopic (exact) mass is 180 g/mol. The van der Waals surface area contributed by atoms with Gasteiger partial charge in [-0.2, -0.15) is 0 Å². The number of hydrogen-bond donors (Lipinski definition) is 1. The standard InChI is InChI=1S/C10H12O3/c11-6-9-10(13-7-12-9)8-4-2-1-3-5-8/h1-5,9-11H,6-7H2. The molecule has 0 amide bonds. The fraction of sp³-hybridized carbons (Fsp3) is 0.400. The molecule has 0 aromatic heterocycles. The zero-order chi connectivity index (χ0) is 9.10. The summed E-state index contributed by atoms with van der Waals surface area (Å²) in [6, 6.07) is 9.80. The van der Waals surface area contributed by atoms with E-state index in [0.29, 0.717) is 0 Å². The van der Waals surface area contributed by atoms with Crippen LogP contribution in [-0.2, 0) is 9.47 Å². The maximum absolute atomic E-state index is 8.99. The molecule has 2 atom stereocenters. The van der Waals surface area contributed by atoms with Crippen LogP contribution in [0.5, 0.6) is 0 Å². The molecule has 1 saturated heterocycles. The van der Waals surface area contributed by atoms with Gasteiger partial charge in [-0.05, 0) is 5.56 Å². The van der Waals surface area contributed by atoms with E-state index in [0.717, 1.165) is 5.56 Å². The summed E-state index contributed by atoms with van der Waals surface area (Å²) in [7, 11) is 0. The molecule has 0 spiro atoms. The second kappa shape index (κ2) is 3.87. The fourth-order valence-corrected chi connectivity index (χ4v) is 1.50. The smallest absolute Gasteiger partial charge is 0.148 e. The minimum Gasteiger partial charge on any atom is -0.394 e. The third-order valence-electron chi connectivity index (χ3n) is 2.18. The molecule has 1 fully saturated rings. The Kier molecular flexibility index (Phi) is 2.59. The van der Waals surface area contributed by atoms with Crippen LogP contribution in [-0.4, -0.2) is 24.6 Å². The number of benzene rings is 1. The average Bonchev–Trinajstić information content (AvgIpc) is 2.67. The predicted octanol–water partition coefficient (Wildman–Crippen LogP) is 1.09. The lowest BCUT2D eigenvalue weighted by Crippen LogP contribution is -2.19. The van der Waals surface area contributed by atoms with E-state index >= 15 is 0 Å². The Balaban J connectivity index is 2.16. The van der Waals surface area contributed by atoms with Gasteiger partial charge in [0.25, 0.3) is 0 Å². The lowest BCUT2D eigenvalue weighted by Gasteiger charge is -2.14. The molecule has 1 heterocycles. The molecule has 0 saturated carbocycles. The van der Waals surface area contributed by atoms with Gasteiger partial charge in [0.1, 0.15) is 19.0 Å². The Bertz CT molecular complexity index is 260. The molecule has 1 aromatic rings. The minimum atomic E-state index is -0.220. The molecule has 1 aliphatic heterocycles. The molecule has 0 bridgehead atoms. The molecule has 2 rings (SSSR count). The number of ether oxygens (including phenoxy) is 2. The van der Waals surface area contributed by atoms with Crippen LogP contribution in [0.15, 0.2) is 30.3 Å². The first-order chi connectivity index (χ1) is 6.42. The topological polar surface area (TPSA) is 38.7 Å². The van der Waals surface area contributed by atoms with Gasteiger partial charge in [-0.15, -0.1) is 0 Å². The number of aliphatic hydroxyl groups is 1. The predicted molar refractivity (Wildman–Crippen MR) is 47.1 cm³/mol. The highest BCUT2D eigenvalue weighted by molar-refractivity contribution is 5.19. The Labute approximate surface area is 76.9 Å². The molecule has 1 aromatic carbocycles. The summed E-state index contributed by atoms with van der Waals surface area (Å²) >= 11 is 0. The van der Waals surface area contributed by atoms with Crippen LogP contribution in [0.4, 0.5) is 0 Å². The summed E-state index contributed by atoms with van der Waals surface area (Å²) in [5, 5.41) is 8.99. The maximum atomic E-state index is 8.99. The van der Waals surface area contributed by atoms with Crippen LogP contribution in [0.1, 0.15) is 11.7 Å². The lowest BCUT2D eigenvalue weighted by molar-refractivity contribution is 0.0267. The zero-order valence-electron chi connectivity index (χ0n) is 7.22. The van der Waals surface area contributed by atoms with Gasteiger partial charge in [-0.1, -0.05) is 30.3 Å². The highest BCUT2D eigenvalue weighted by Gasteiger charge is 2.29. The van der Waals surface area contributed by atoms with Crippen LogP contribution >= 0.6 is 0 Å². The lowest BCUT2D eigenvalue weighted by atomic mass is 10.1. The van der Waals surface area contributed by atoms with Gasteiger partial charge in [0.15, 0.2) is 0 Å². The van der Waals surface area contributed by atoms with E-state index in [2.05, 4.69) is 0 Å². The first-order valence-electron chi connectivity index (χ1n) is 4.31. The Morgan fingerprint density at radius 3 is 2.69 bits per heavy atom. The van der Waals surface area contributed by atoms with Crippen molar-refractivity contribution in [1.29, 1.82) is 0 Å². The fourth-order valence-electron chi connectivity index (χ4n) is 1.50. The van der Waals surface area contributed by atoms with Crippen LogP contribution in [0, 0.1) is 0 Å². The second-order valence-corrected chi connectivity index (χ2v) is 3.00. The van der Waals surface area contributed by atoms with Gasteiger partial charge in [-0.25, -0.2) is 0 Å². The molecule has 0 radical (unpaired) electrons. The van der Waals surface area contributed by atoms with E-state index in [9.17, 15) is 0 Å². The highest BCUT2D eigenvalue weighted by atomic mass is 16.7. The van der Waals surface area contributed by atoms with Gasteiger partial charge in [-0.3, -0.25) is 0 Å². The largest absolute Gasteiger partial charge is 0.394 e. The molecule has 13 heavy (non-hydrogen) atoms. The molecule has 70 valence electrons. The van der Waals surface area contributed by atoms with Crippen LogP contribution in [0.3, 0.4) is 0 Å². The zero-order valence-corrected chi connectivity index (χ0v) is 7.22. The molecule has 0 aliphatic carbocycles. The summed E-state index contributed by atoms with van der Waals surface area (Å²) in [4.78, 5) is 0. The average molecular weight is 180 g/mol. The van der Waals surface area contributed by atoms with E-state index in [1.807, 2.05) is 30.3 Å². The van der Waals surface area contributed by atoms with E-state index < -0.39 is 0 Å². The summed E-state index contributed by atoms with van der Waals surface area (Å²) in [6.07, 6.45) is -0.339. The molecule has 3 nitrogen and oxygen atoms in total. The van der Waals surface area contributed by atoms with E-state index in [-0.39, 0.29) is 25.6 Å². The Hall–Kier alpha value is -0.900. The van der Waals surface area contributed by atoms with Gasteiger partial charge < -0.3 is 14.6 Å². The normalized spacial score (nSPS) is 27.8. The van der Waals surface area contributed by atoms with Crippen molar-refractivity contribution in [3.05, 3.63) is 35.9 Å². The SMILES string of the molecule is OCC1OCOC1c1ccccc1. The van der Waals surface area contributed by atoms with Gasteiger partial charge in [0.05, 0.1) is 6.61 Å². The Morgan fingerprint density at radius 2 is 2.00 bits per heavy atom. The van der Waals surface area contributed by atoms with Crippen molar-refractivity contribution in [2.45, 2.75) is 12.2 Å². The van der Waals surface area contributed by atoms with Crippen molar-refractivity contribution in [1.82, 2.24) is 0 Å². The summed E-state index contributed by atoms with van der Waals surface area (Å²) in [5.41, 5.74) is 1.05. The maximum Gasteiger partial charge on any atom is 0.148 e. The van der Waals surface area contributed by atoms with Crippen LogP contribution in [0.2, 0.25) is 0 Å². The quantitative estimate of drug-likeness (QED) is 0.740. The molecular formula is C10H12O3. The number of rotatable bonds is 2. The van der Waals surface area contributed by atoms with E-state index in [1.165, 1.54) is 0 Å². The highest BCUT2D eigenvalue weighted by Crippen LogP contribution is 2.27. The van der Waals surface area contributed by atoms with Gasteiger partial charge >= 0.3 is 0 Å². The van der Waals surface area contributed by atoms with Crippen LogP contribution in [0.25, 0.3) is 0 Å². The third-order valence-corrected chi connectivity index (χ3v) is 2.18. The van der Waals surface area contributed by atoms with Crippen molar-refractivity contribution in [2.75, 3.05) is 13.4 Å². The third kappa shape index (κ3) is 1.72. The van der Waals surface area contributed by atoms with Crippen molar-refractivity contribution in [3.8, 4) is 0 Å². The molecule has 1 aliphatic rings. The first kappa shape index (κ1) is 8.69. The van der Waals surface area contributed by atoms with Crippen LogP contribution < -0.4 is 0 Å². The number of hydrogen-bond acceptors (Lipinski definition) is 3. The summed E-state index contributed by atoms with van der Waals surface area (Å²) in [5.74, 6) is 0. The summed E-state index contributed by atoms with van der Waals surface area (Å²) in [6.45, 7) is 0.268. The molecular weight excluding hydrogens is 168 g/mol. The Morgan fingerprint density at radius 1 is 1.23 bits per heavy atom. The van der Waals surface area contributed by atoms with Crippen molar-refractivity contribution >= 4 is 0 Å². The molecule has 3 heteroatoms. The van der Waals surface area contributed by atoms with Gasteiger partial charge in [0, 0.05) is 0 Å². The molecule has 2 unspecified atom stereocenters. The first-order valence-corrected chi connectivity index (χ1v) is 4.31. The summed E-state index contributed by atoms with van der Waals surface area (Å²) < 4.78 is 10.6. The second-order valence-electron chi connectivity index (χ2n) is 3.00. The van der Waals surface area contributed by atoms with E-state index in [4.69, 9.17) is 14.6 Å². The molecule has 1 N–H and O–H groups in total. The van der Waals surface area contributed by atoms with E-state index in [1.54, 1.807) is 0 Å². The van der Waals surface area contributed by atoms with Crippen molar-refractivity contribution < 1.29 is 14.6 Å².